The normalized spacial score (nSPS) is 10.8. The number of nitrogens with zero attached hydrogens (tertiary/aromatic N) is 3. The van der Waals surface area contributed by atoms with Crippen molar-refractivity contribution in [3.05, 3.63) is 52.5 Å². The molecule has 1 aromatic carbocycles. The molecule has 0 saturated heterocycles. The van der Waals surface area contributed by atoms with Gasteiger partial charge >= 0.3 is 0 Å². The number of benzene rings is 1. The molecule has 6 heteroatoms. The van der Waals surface area contributed by atoms with E-state index in [-0.39, 0.29) is 10.6 Å². The molecule has 0 aliphatic heterocycles. The van der Waals surface area contributed by atoms with Crippen molar-refractivity contribution in [3.8, 4) is 0 Å². The zero-order valence-electron chi connectivity index (χ0n) is 9.35. The van der Waals surface area contributed by atoms with Gasteiger partial charge in [-0.2, -0.15) is 15.0 Å². The summed E-state index contributed by atoms with van der Waals surface area (Å²) in [6, 6.07) is 9.99. The molecule has 18 heavy (non-hydrogen) atoms. The molecule has 2 aromatic rings. The van der Waals surface area contributed by atoms with Crippen LogP contribution in [-0.4, -0.2) is 21.5 Å². The number of rotatable bonds is 4. The number of aromatic nitrogens is 3. The van der Waals surface area contributed by atoms with Crippen molar-refractivity contribution in [1.29, 1.82) is 0 Å². The monoisotopic (exact) mass is 280 g/mol. The van der Waals surface area contributed by atoms with Crippen LogP contribution in [0.4, 0.5) is 5.95 Å². The minimum Gasteiger partial charge on any atom is -0.351 e. The maximum absolute atomic E-state index is 5.65. The molecule has 0 saturated carbocycles. The predicted octanol–water partition coefficient (Wildman–Crippen LogP) is 3.30. The molecule has 0 radical (unpaired) electrons. The molecular weight excluding hydrogens is 271 g/mol. The Hall–Kier alpha value is -1.65. The molecule has 1 aromatic heterocycles. The minimum atomic E-state index is 0.0736. The van der Waals surface area contributed by atoms with Crippen LogP contribution in [0, 0.1) is 0 Å². The van der Waals surface area contributed by atoms with Crippen molar-refractivity contribution in [2.45, 2.75) is 0 Å². The van der Waals surface area contributed by atoms with E-state index >= 15 is 0 Å². The summed E-state index contributed by atoms with van der Waals surface area (Å²) in [7, 11) is 0. The predicted molar refractivity (Wildman–Crippen MR) is 73.8 cm³/mol. The van der Waals surface area contributed by atoms with Gasteiger partial charge in [0, 0.05) is 6.54 Å². The van der Waals surface area contributed by atoms with Crippen molar-refractivity contribution in [2.24, 2.45) is 0 Å². The largest absolute Gasteiger partial charge is 0.351 e. The van der Waals surface area contributed by atoms with Gasteiger partial charge in [0.1, 0.15) is 0 Å². The lowest BCUT2D eigenvalue weighted by molar-refractivity contribution is 1.03. The van der Waals surface area contributed by atoms with Crippen LogP contribution in [-0.2, 0) is 0 Å². The Morgan fingerprint density at radius 3 is 2.33 bits per heavy atom. The molecule has 0 aliphatic rings. The third-order valence-electron chi connectivity index (χ3n) is 2.07. The highest BCUT2D eigenvalue weighted by molar-refractivity contribution is 6.31. The van der Waals surface area contributed by atoms with E-state index in [1.807, 2.05) is 42.5 Å². The molecule has 1 N–H and O–H groups in total. The fraction of sp³-hybridized carbons (Fsp3) is 0.0833. The minimum absolute atomic E-state index is 0.0736. The second-order valence-electron chi connectivity index (χ2n) is 3.39. The van der Waals surface area contributed by atoms with Crippen molar-refractivity contribution >= 4 is 35.2 Å². The zero-order valence-corrected chi connectivity index (χ0v) is 10.9. The molecule has 92 valence electrons. The van der Waals surface area contributed by atoms with E-state index in [2.05, 4.69) is 20.3 Å². The fourth-order valence-corrected chi connectivity index (χ4v) is 1.68. The first kappa shape index (κ1) is 12.8. The Labute approximate surface area is 115 Å². The van der Waals surface area contributed by atoms with E-state index in [4.69, 9.17) is 23.2 Å². The third-order valence-corrected chi connectivity index (χ3v) is 2.41. The van der Waals surface area contributed by atoms with Gasteiger partial charge in [0.2, 0.25) is 16.5 Å². The lowest BCUT2D eigenvalue weighted by atomic mass is 10.2. The highest BCUT2D eigenvalue weighted by Crippen LogP contribution is 2.09. The average molecular weight is 281 g/mol. The van der Waals surface area contributed by atoms with Crippen LogP contribution in [0.5, 0.6) is 0 Å². The molecule has 0 fully saturated rings. The molecule has 0 bridgehead atoms. The summed E-state index contributed by atoms with van der Waals surface area (Å²) in [5, 5.41) is 3.13. The zero-order chi connectivity index (χ0) is 12.8. The van der Waals surface area contributed by atoms with Crippen LogP contribution in [0.1, 0.15) is 5.56 Å². The Bertz CT molecular complexity index is 523. The van der Waals surface area contributed by atoms with Crippen molar-refractivity contribution in [1.82, 2.24) is 15.0 Å². The third kappa shape index (κ3) is 3.98. The van der Waals surface area contributed by atoms with Crippen LogP contribution >= 0.6 is 23.2 Å². The SMILES string of the molecule is Clc1nc(Cl)nc(NC/C=C/c2ccccc2)n1. The average Bonchev–Trinajstić information content (AvgIpc) is 2.35. The molecule has 4 nitrogen and oxygen atoms in total. The molecule has 0 atom stereocenters. The number of anilines is 1. The lowest BCUT2D eigenvalue weighted by Gasteiger charge is -2.01. The van der Waals surface area contributed by atoms with E-state index in [1.54, 1.807) is 0 Å². The van der Waals surface area contributed by atoms with E-state index in [1.165, 1.54) is 0 Å². The lowest BCUT2D eigenvalue weighted by Crippen LogP contribution is -2.04. The number of hydrogen-bond donors (Lipinski definition) is 1. The highest BCUT2D eigenvalue weighted by Gasteiger charge is 2.00. The van der Waals surface area contributed by atoms with E-state index in [0.717, 1.165) is 5.56 Å². The maximum Gasteiger partial charge on any atom is 0.228 e. The van der Waals surface area contributed by atoms with E-state index < -0.39 is 0 Å². The van der Waals surface area contributed by atoms with Gasteiger partial charge in [0.05, 0.1) is 0 Å². The van der Waals surface area contributed by atoms with Crippen molar-refractivity contribution in [3.63, 3.8) is 0 Å². The first-order chi connectivity index (χ1) is 8.74. The van der Waals surface area contributed by atoms with Gasteiger partial charge in [0.15, 0.2) is 0 Å². The fourth-order valence-electron chi connectivity index (χ4n) is 1.31. The molecule has 0 spiro atoms. The molecule has 2 rings (SSSR count). The summed E-state index contributed by atoms with van der Waals surface area (Å²) < 4.78 is 0. The van der Waals surface area contributed by atoms with Crippen molar-refractivity contribution < 1.29 is 0 Å². The van der Waals surface area contributed by atoms with Crippen LogP contribution in [0.25, 0.3) is 6.08 Å². The first-order valence-corrected chi connectivity index (χ1v) is 6.02. The summed E-state index contributed by atoms with van der Waals surface area (Å²) in [6.45, 7) is 0.575. The molecule has 1 heterocycles. The molecule has 0 amide bonds. The summed E-state index contributed by atoms with van der Waals surface area (Å²) in [6.07, 6.45) is 3.96. The number of hydrogen-bond acceptors (Lipinski definition) is 4. The van der Waals surface area contributed by atoms with Gasteiger partial charge < -0.3 is 5.32 Å². The van der Waals surface area contributed by atoms with E-state index in [9.17, 15) is 0 Å². The number of nitrogens with one attached hydrogen (secondary N) is 1. The Balaban J connectivity index is 1.90. The van der Waals surface area contributed by atoms with Gasteiger partial charge in [-0.15, -0.1) is 0 Å². The van der Waals surface area contributed by atoms with Crippen LogP contribution in [0.2, 0.25) is 10.6 Å². The summed E-state index contributed by atoms with van der Waals surface area (Å²) in [5.41, 5.74) is 1.13. The van der Waals surface area contributed by atoms with Crippen LogP contribution in [0.15, 0.2) is 36.4 Å². The Morgan fingerprint density at radius 1 is 1.00 bits per heavy atom. The van der Waals surface area contributed by atoms with Gasteiger partial charge in [-0.1, -0.05) is 42.5 Å². The maximum atomic E-state index is 5.65. The molecule has 0 aliphatic carbocycles. The molecule has 0 unspecified atom stereocenters. The van der Waals surface area contributed by atoms with Gasteiger partial charge in [-0.05, 0) is 28.8 Å². The quantitative estimate of drug-likeness (QED) is 0.934. The number of halogens is 2. The van der Waals surface area contributed by atoms with Gasteiger partial charge in [-0.25, -0.2) is 0 Å². The highest BCUT2D eigenvalue weighted by atomic mass is 35.5. The standard InChI is InChI=1S/C12H10Cl2N4/c13-10-16-11(14)18-12(17-10)15-8-4-7-9-5-2-1-3-6-9/h1-7H,8H2,(H,15,16,17,18)/b7-4+. The second kappa shape index (κ2) is 6.33. The van der Waals surface area contributed by atoms with Gasteiger partial charge in [-0.3, -0.25) is 0 Å². The topological polar surface area (TPSA) is 50.7 Å². The Morgan fingerprint density at radius 2 is 1.67 bits per heavy atom. The summed E-state index contributed by atoms with van der Waals surface area (Å²) in [4.78, 5) is 11.4. The van der Waals surface area contributed by atoms with Crippen LogP contribution < -0.4 is 5.32 Å². The smallest absolute Gasteiger partial charge is 0.228 e. The van der Waals surface area contributed by atoms with Gasteiger partial charge in [0.25, 0.3) is 0 Å². The first-order valence-electron chi connectivity index (χ1n) is 5.26. The Kier molecular flexibility index (Phi) is 4.50. The molecular formula is C12H10Cl2N4. The van der Waals surface area contributed by atoms with E-state index in [0.29, 0.717) is 12.5 Å². The summed E-state index contributed by atoms with van der Waals surface area (Å²) in [5.74, 6) is 0.359. The second-order valence-corrected chi connectivity index (χ2v) is 4.07. The van der Waals surface area contributed by atoms with Crippen molar-refractivity contribution in [2.75, 3.05) is 11.9 Å². The van der Waals surface area contributed by atoms with Crippen LogP contribution in [0.3, 0.4) is 0 Å². The summed E-state index contributed by atoms with van der Waals surface area (Å²) >= 11 is 11.3.